The highest BCUT2D eigenvalue weighted by Crippen LogP contribution is 2.32. The van der Waals surface area contributed by atoms with Crippen molar-refractivity contribution in [3.63, 3.8) is 0 Å². The van der Waals surface area contributed by atoms with Crippen molar-refractivity contribution < 1.29 is 17.9 Å². The summed E-state index contributed by atoms with van der Waals surface area (Å²) in [5.74, 6) is -0.227. The maximum atomic E-state index is 12.1. The number of benzene rings is 1. The van der Waals surface area contributed by atoms with Gasteiger partial charge >= 0.3 is 6.36 Å². The average Bonchev–Trinajstić information content (AvgIpc) is 2.70. The Kier molecular flexibility index (Phi) is 4.95. The van der Waals surface area contributed by atoms with Gasteiger partial charge in [0.15, 0.2) is 0 Å². The van der Waals surface area contributed by atoms with Crippen LogP contribution < -0.4 is 10.5 Å². The molecule has 1 unspecified atom stereocenters. The Balaban J connectivity index is 2.03. The third kappa shape index (κ3) is 4.72. The molecule has 2 N–H and O–H groups in total. The number of halogens is 4. The zero-order chi connectivity index (χ0) is 15.6. The molecule has 0 bridgehead atoms. The fraction of sp³-hybridized carbons (Fsp3) is 0.286. The first-order valence-corrected chi connectivity index (χ1v) is 7.71. The minimum Gasteiger partial charge on any atom is -0.406 e. The third-order valence-corrected chi connectivity index (χ3v) is 5.12. The second-order valence-corrected chi connectivity index (χ2v) is 7.01. The number of hydrogen-bond acceptors (Lipinski definition) is 3. The highest BCUT2D eigenvalue weighted by Gasteiger charge is 2.30. The summed E-state index contributed by atoms with van der Waals surface area (Å²) in [6, 6.07) is 7.61. The number of nitrogens with two attached hydrogens (primary N) is 1. The van der Waals surface area contributed by atoms with Gasteiger partial charge in [0.05, 0.1) is 3.79 Å². The number of thiophene rings is 1. The Hall–Kier alpha value is -1.05. The van der Waals surface area contributed by atoms with Crippen molar-refractivity contribution in [2.75, 3.05) is 0 Å². The van der Waals surface area contributed by atoms with Crippen molar-refractivity contribution >= 4 is 27.3 Å². The molecule has 21 heavy (non-hydrogen) atoms. The average molecular weight is 380 g/mol. The summed E-state index contributed by atoms with van der Waals surface area (Å²) in [7, 11) is 0. The first kappa shape index (κ1) is 16.3. The van der Waals surface area contributed by atoms with E-state index >= 15 is 0 Å². The normalized spacial score (nSPS) is 13.2. The van der Waals surface area contributed by atoms with Crippen LogP contribution in [0.2, 0.25) is 0 Å². The van der Waals surface area contributed by atoms with Crippen molar-refractivity contribution in [2.24, 2.45) is 5.73 Å². The van der Waals surface area contributed by atoms with Crippen molar-refractivity contribution in [1.82, 2.24) is 0 Å². The fourth-order valence-corrected chi connectivity index (χ4v) is 3.42. The predicted molar refractivity (Wildman–Crippen MR) is 80.5 cm³/mol. The van der Waals surface area contributed by atoms with Crippen LogP contribution in [0.5, 0.6) is 5.75 Å². The largest absolute Gasteiger partial charge is 0.573 e. The third-order valence-electron chi connectivity index (χ3n) is 2.85. The lowest BCUT2D eigenvalue weighted by Gasteiger charge is -2.11. The Morgan fingerprint density at radius 1 is 1.29 bits per heavy atom. The molecule has 1 aromatic heterocycles. The monoisotopic (exact) mass is 379 g/mol. The highest BCUT2D eigenvalue weighted by molar-refractivity contribution is 9.11. The maximum Gasteiger partial charge on any atom is 0.573 e. The number of hydrogen-bond donors (Lipinski definition) is 1. The van der Waals surface area contributed by atoms with Crippen molar-refractivity contribution in [2.45, 2.75) is 25.7 Å². The summed E-state index contributed by atoms with van der Waals surface area (Å²) in [5.41, 5.74) is 8.11. The second kappa shape index (κ2) is 6.37. The van der Waals surface area contributed by atoms with Crippen molar-refractivity contribution in [3.05, 3.63) is 50.1 Å². The molecule has 0 fully saturated rings. The van der Waals surface area contributed by atoms with Gasteiger partial charge in [0, 0.05) is 10.9 Å². The Morgan fingerprint density at radius 3 is 2.38 bits per heavy atom. The quantitative estimate of drug-likeness (QED) is 0.814. The lowest BCUT2D eigenvalue weighted by Crippen LogP contribution is -2.17. The van der Waals surface area contributed by atoms with Gasteiger partial charge < -0.3 is 10.5 Å². The smallest absolute Gasteiger partial charge is 0.406 e. The van der Waals surface area contributed by atoms with Gasteiger partial charge in [0.1, 0.15) is 5.75 Å². The first-order chi connectivity index (χ1) is 9.74. The molecule has 0 aliphatic rings. The van der Waals surface area contributed by atoms with Crippen LogP contribution >= 0.6 is 27.3 Å². The van der Waals surface area contributed by atoms with Crippen molar-refractivity contribution in [1.29, 1.82) is 0 Å². The van der Waals surface area contributed by atoms with Gasteiger partial charge in [-0.1, -0.05) is 12.1 Å². The molecule has 1 atom stereocenters. The number of aryl methyl sites for hydroxylation is 1. The van der Waals surface area contributed by atoms with E-state index in [9.17, 15) is 13.2 Å². The van der Waals surface area contributed by atoms with Gasteiger partial charge in [-0.05, 0) is 58.6 Å². The Bertz CT molecular complexity index is 590. The molecule has 2 rings (SSSR count). The van der Waals surface area contributed by atoms with Crippen LogP contribution in [0.25, 0.3) is 0 Å². The van der Waals surface area contributed by atoms with E-state index in [1.54, 1.807) is 23.5 Å². The van der Waals surface area contributed by atoms with E-state index in [2.05, 4.69) is 20.7 Å². The van der Waals surface area contributed by atoms with Crippen LogP contribution in [0.4, 0.5) is 13.2 Å². The van der Waals surface area contributed by atoms with Crippen LogP contribution in [0.15, 0.2) is 34.1 Å². The van der Waals surface area contributed by atoms with E-state index in [1.165, 1.54) is 12.1 Å². The van der Waals surface area contributed by atoms with E-state index in [4.69, 9.17) is 5.73 Å². The molecule has 0 amide bonds. The summed E-state index contributed by atoms with van der Waals surface area (Å²) >= 11 is 5.02. The summed E-state index contributed by atoms with van der Waals surface area (Å²) in [6.45, 7) is 1.99. The van der Waals surface area contributed by atoms with E-state index in [1.807, 2.05) is 13.0 Å². The van der Waals surface area contributed by atoms with E-state index in [-0.39, 0.29) is 11.8 Å². The van der Waals surface area contributed by atoms with Gasteiger partial charge in [-0.3, -0.25) is 0 Å². The molecule has 0 saturated carbocycles. The Morgan fingerprint density at radius 2 is 1.90 bits per heavy atom. The van der Waals surface area contributed by atoms with Gasteiger partial charge in [0.25, 0.3) is 0 Å². The SMILES string of the molecule is Cc1cc(C(N)Cc2ccc(OC(F)(F)F)cc2)sc1Br. The molecule has 2 nitrogen and oxygen atoms in total. The maximum absolute atomic E-state index is 12.1. The van der Waals surface area contributed by atoms with E-state index in [0.717, 1.165) is 19.8 Å². The number of alkyl halides is 3. The molecule has 0 saturated heterocycles. The van der Waals surface area contributed by atoms with Crippen LogP contribution in [0.1, 0.15) is 22.0 Å². The van der Waals surface area contributed by atoms with Crippen LogP contribution in [0, 0.1) is 6.92 Å². The lowest BCUT2D eigenvalue weighted by molar-refractivity contribution is -0.274. The van der Waals surface area contributed by atoms with Crippen LogP contribution in [-0.2, 0) is 6.42 Å². The van der Waals surface area contributed by atoms with Gasteiger partial charge in [-0.25, -0.2) is 0 Å². The lowest BCUT2D eigenvalue weighted by atomic mass is 10.0. The number of ether oxygens (including phenoxy) is 1. The summed E-state index contributed by atoms with van der Waals surface area (Å²) in [6.07, 6.45) is -4.11. The molecule has 0 radical (unpaired) electrons. The molecule has 1 heterocycles. The first-order valence-electron chi connectivity index (χ1n) is 6.10. The van der Waals surface area contributed by atoms with Crippen molar-refractivity contribution in [3.8, 4) is 5.75 Å². The number of rotatable bonds is 4. The molecule has 2 aromatic rings. The Labute approximate surface area is 132 Å². The molecule has 0 aliphatic heterocycles. The van der Waals surface area contributed by atoms with Gasteiger partial charge in [-0.15, -0.1) is 24.5 Å². The molecule has 0 aliphatic carbocycles. The predicted octanol–water partition coefficient (Wildman–Crippen LogP) is 4.96. The van der Waals surface area contributed by atoms with Crippen LogP contribution in [0.3, 0.4) is 0 Å². The molecule has 1 aromatic carbocycles. The molecular formula is C14H13BrF3NOS. The molecule has 0 spiro atoms. The van der Waals surface area contributed by atoms with E-state index in [0.29, 0.717) is 6.42 Å². The topological polar surface area (TPSA) is 35.2 Å². The second-order valence-electron chi connectivity index (χ2n) is 4.61. The molecule has 7 heteroatoms. The highest BCUT2D eigenvalue weighted by atomic mass is 79.9. The summed E-state index contributed by atoms with van der Waals surface area (Å²) < 4.78 is 41.1. The van der Waals surface area contributed by atoms with Crippen LogP contribution in [-0.4, -0.2) is 6.36 Å². The summed E-state index contributed by atoms with van der Waals surface area (Å²) in [5, 5.41) is 0. The van der Waals surface area contributed by atoms with Gasteiger partial charge in [-0.2, -0.15) is 0 Å². The standard InChI is InChI=1S/C14H13BrF3NOS/c1-8-6-12(21-13(8)15)11(19)7-9-2-4-10(5-3-9)20-14(16,17)18/h2-6,11H,7,19H2,1H3. The summed E-state index contributed by atoms with van der Waals surface area (Å²) in [4.78, 5) is 1.04. The minimum atomic E-state index is -4.67. The zero-order valence-corrected chi connectivity index (χ0v) is 13.5. The fourth-order valence-electron chi connectivity index (χ4n) is 1.85. The zero-order valence-electron chi connectivity index (χ0n) is 11.1. The minimum absolute atomic E-state index is 0.186. The van der Waals surface area contributed by atoms with E-state index < -0.39 is 6.36 Å². The molecular weight excluding hydrogens is 367 g/mol. The molecule has 114 valence electrons. The van der Waals surface area contributed by atoms with Gasteiger partial charge in [0.2, 0.25) is 0 Å².